The van der Waals surface area contributed by atoms with E-state index in [0.29, 0.717) is 5.75 Å². The molecule has 106 valence electrons. The molecule has 0 spiro atoms. The average molecular weight is 295 g/mol. The topological polar surface area (TPSA) is 58.6 Å². The highest BCUT2D eigenvalue weighted by Gasteiger charge is 2.27. The summed E-state index contributed by atoms with van der Waals surface area (Å²) in [7, 11) is 1.42. The van der Waals surface area contributed by atoms with E-state index in [1.165, 1.54) is 25.3 Å². The normalized spacial score (nSPS) is 11.2. The highest BCUT2D eigenvalue weighted by atomic mass is 32.2. The molecule has 1 rings (SSSR count). The van der Waals surface area contributed by atoms with Gasteiger partial charge < -0.3 is 15.2 Å². The Balaban J connectivity index is 2.67. The van der Waals surface area contributed by atoms with Gasteiger partial charge in [0.05, 0.1) is 18.4 Å². The number of benzene rings is 1. The molecule has 1 aromatic carbocycles. The standard InChI is InChI=1S/C11H12F3NO3S/c1-18-7-2-3-8(10(16)17)9(6-7)15-4-5-19-11(12,13)14/h2-3,6,15H,4-5H2,1H3,(H,16,17). The molecule has 1 aromatic rings. The minimum atomic E-state index is -4.29. The lowest BCUT2D eigenvalue weighted by atomic mass is 10.1. The second kappa shape index (κ2) is 6.55. The van der Waals surface area contributed by atoms with Crippen molar-refractivity contribution < 1.29 is 27.8 Å². The fraction of sp³-hybridized carbons (Fsp3) is 0.364. The zero-order chi connectivity index (χ0) is 14.5. The third-order valence-electron chi connectivity index (χ3n) is 2.14. The number of rotatable bonds is 6. The van der Waals surface area contributed by atoms with E-state index in [1.807, 2.05) is 0 Å². The molecular formula is C11H12F3NO3S. The number of alkyl halides is 3. The van der Waals surface area contributed by atoms with E-state index in [-0.39, 0.29) is 35.3 Å². The van der Waals surface area contributed by atoms with Crippen LogP contribution in [-0.4, -0.2) is 36.0 Å². The second-order valence-electron chi connectivity index (χ2n) is 3.44. The number of thioether (sulfide) groups is 1. The van der Waals surface area contributed by atoms with Crippen molar-refractivity contribution in [2.24, 2.45) is 0 Å². The van der Waals surface area contributed by atoms with E-state index in [4.69, 9.17) is 9.84 Å². The van der Waals surface area contributed by atoms with E-state index < -0.39 is 11.5 Å². The molecule has 19 heavy (non-hydrogen) atoms. The Labute approximate surface area is 111 Å². The summed E-state index contributed by atoms with van der Waals surface area (Å²) < 4.78 is 40.7. The lowest BCUT2D eigenvalue weighted by molar-refractivity contribution is -0.0327. The SMILES string of the molecule is COc1ccc(C(=O)O)c(NCCSC(F)(F)F)c1. The maximum absolute atomic E-state index is 11.9. The van der Waals surface area contributed by atoms with Gasteiger partial charge in [0.15, 0.2) is 0 Å². The van der Waals surface area contributed by atoms with Crippen LogP contribution in [0.2, 0.25) is 0 Å². The Morgan fingerprint density at radius 1 is 1.47 bits per heavy atom. The van der Waals surface area contributed by atoms with Crippen LogP contribution in [0.5, 0.6) is 5.75 Å². The highest BCUT2D eigenvalue weighted by molar-refractivity contribution is 8.00. The van der Waals surface area contributed by atoms with E-state index >= 15 is 0 Å². The fourth-order valence-electron chi connectivity index (χ4n) is 1.34. The summed E-state index contributed by atoms with van der Waals surface area (Å²) in [4.78, 5) is 10.9. The van der Waals surface area contributed by atoms with Crippen LogP contribution < -0.4 is 10.1 Å². The van der Waals surface area contributed by atoms with Gasteiger partial charge in [-0.25, -0.2) is 4.79 Å². The molecule has 0 aliphatic heterocycles. The highest BCUT2D eigenvalue weighted by Crippen LogP contribution is 2.30. The minimum absolute atomic E-state index is 0.00236. The molecule has 0 heterocycles. The Morgan fingerprint density at radius 3 is 2.68 bits per heavy atom. The van der Waals surface area contributed by atoms with Crippen LogP contribution in [0.15, 0.2) is 18.2 Å². The Morgan fingerprint density at radius 2 is 2.16 bits per heavy atom. The van der Waals surface area contributed by atoms with Gasteiger partial charge in [-0.3, -0.25) is 0 Å². The lowest BCUT2D eigenvalue weighted by Crippen LogP contribution is -2.12. The molecule has 8 heteroatoms. The second-order valence-corrected chi connectivity index (χ2v) is 4.60. The first-order valence-electron chi connectivity index (χ1n) is 5.19. The van der Waals surface area contributed by atoms with E-state index in [0.717, 1.165) is 0 Å². The van der Waals surface area contributed by atoms with Crippen molar-refractivity contribution in [3.63, 3.8) is 0 Å². The van der Waals surface area contributed by atoms with Gasteiger partial charge in [-0.15, -0.1) is 0 Å². The number of methoxy groups -OCH3 is 1. The van der Waals surface area contributed by atoms with Crippen LogP contribution in [0.25, 0.3) is 0 Å². The fourth-order valence-corrected chi connectivity index (χ4v) is 1.77. The molecule has 2 N–H and O–H groups in total. The van der Waals surface area contributed by atoms with Crippen LogP contribution in [0.3, 0.4) is 0 Å². The summed E-state index contributed by atoms with van der Waals surface area (Å²) in [5, 5.41) is 11.6. The number of carboxylic acids is 1. The smallest absolute Gasteiger partial charge is 0.441 e. The van der Waals surface area contributed by atoms with Gasteiger partial charge in [-0.2, -0.15) is 13.2 Å². The van der Waals surface area contributed by atoms with Crippen LogP contribution in [0.1, 0.15) is 10.4 Å². The van der Waals surface area contributed by atoms with Gasteiger partial charge >= 0.3 is 11.5 Å². The third-order valence-corrected chi connectivity index (χ3v) is 2.88. The van der Waals surface area contributed by atoms with Gasteiger partial charge in [0.25, 0.3) is 0 Å². The largest absolute Gasteiger partial charge is 0.497 e. The monoisotopic (exact) mass is 295 g/mol. The van der Waals surface area contributed by atoms with E-state index in [2.05, 4.69) is 5.32 Å². The Bertz CT molecular complexity index is 451. The van der Waals surface area contributed by atoms with Gasteiger partial charge in [-0.1, -0.05) is 0 Å². The predicted octanol–water partition coefficient (Wildman–Crippen LogP) is 3.06. The first-order chi connectivity index (χ1) is 8.83. The summed E-state index contributed by atoms with van der Waals surface area (Å²) in [6, 6.07) is 4.24. The summed E-state index contributed by atoms with van der Waals surface area (Å²) in [6.07, 6.45) is 0. The first kappa shape index (κ1) is 15.5. The number of hydrogen-bond acceptors (Lipinski definition) is 4. The first-order valence-corrected chi connectivity index (χ1v) is 6.18. The number of anilines is 1. The minimum Gasteiger partial charge on any atom is -0.497 e. The maximum atomic E-state index is 11.9. The van der Waals surface area contributed by atoms with Gasteiger partial charge in [0.2, 0.25) is 0 Å². The summed E-state index contributed by atoms with van der Waals surface area (Å²) in [6.45, 7) is -0.00236. The molecule has 0 aliphatic rings. The van der Waals surface area contributed by atoms with Crippen molar-refractivity contribution in [1.82, 2.24) is 0 Å². The summed E-state index contributed by atoms with van der Waals surface area (Å²) in [5.41, 5.74) is -4.07. The van der Waals surface area contributed by atoms with Gasteiger partial charge in [0.1, 0.15) is 5.75 Å². The van der Waals surface area contributed by atoms with Crippen molar-refractivity contribution in [2.45, 2.75) is 5.51 Å². The molecule has 0 atom stereocenters. The summed E-state index contributed by atoms with van der Waals surface area (Å²) in [5.74, 6) is -0.940. The molecule has 0 saturated heterocycles. The Kier molecular flexibility index (Phi) is 5.34. The lowest BCUT2D eigenvalue weighted by Gasteiger charge is -2.11. The molecule has 0 unspecified atom stereocenters. The van der Waals surface area contributed by atoms with Crippen LogP contribution >= 0.6 is 11.8 Å². The third kappa shape index (κ3) is 5.29. The zero-order valence-corrected chi connectivity index (χ0v) is 10.8. The van der Waals surface area contributed by atoms with Gasteiger partial charge in [0, 0.05) is 18.4 Å². The molecular weight excluding hydrogens is 283 g/mol. The zero-order valence-electron chi connectivity index (χ0n) is 9.95. The number of ether oxygens (including phenoxy) is 1. The molecule has 0 bridgehead atoms. The molecule has 4 nitrogen and oxygen atoms in total. The number of halogens is 3. The van der Waals surface area contributed by atoms with Crippen molar-refractivity contribution in [1.29, 1.82) is 0 Å². The number of carboxylic acid groups (broad SMARTS) is 1. The van der Waals surface area contributed by atoms with Crippen LogP contribution in [0, 0.1) is 0 Å². The molecule has 0 aliphatic carbocycles. The predicted molar refractivity (Wildman–Crippen MR) is 67.0 cm³/mol. The molecule has 0 fully saturated rings. The number of hydrogen-bond donors (Lipinski definition) is 2. The summed E-state index contributed by atoms with van der Waals surface area (Å²) >= 11 is -0.164. The van der Waals surface area contributed by atoms with E-state index in [9.17, 15) is 18.0 Å². The van der Waals surface area contributed by atoms with Crippen LogP contribution in [0.4, 0.5) is 18.9 Å². The van der Waals surface area contributed by atoms with Crippen molar-refractivity contribution in [3.05, 3.63) is 23.8 Å². The van der Waals surface area contributed by atoms with Crippen LogP contribution in [-0.2, 0) is 0 Å². The number of nitrogens with one attached hydrogen (secondary N) is 1. The quantitative estimate of drug-likeness (QED) is 0.790. The molecule has 0 radical (unpaired) electrons. The molecule has 0 aromatic heterocycles. The van der Waals surface area contributed by atoms with Crippen molar-refractivity contribution in [3.8, 4) is 5.75 Å². The molecule has 0 amide bonds. The van der Waals surface area contributed by atoms with Crippen molar-refractivity contribution >= 4 is 23.4 Å². The van der Waals surface area contributed by atoms with Crippen molar-refractivity contribution in [2.75, 3.05) is 24.7 Å². The maximum Gasteiger partial charge on any atom is 0.441 e. The van der Waals surface area contributed by atoms with E-state index in [1.54, 1.807) is 0 Å². The van der Waals surface area contributed by atoms with Gasteiger partial charge in [-0.05, 0) is 23.9 Å². The average Bonchev–Trinajstić information content (AvgIpc) is 2.33. The number of carbonyl (C=O) groups is 1. The number of aromatic carboxylic acids is 1. The Hall–Kier alpha value is -1.57. The molecule has 0 saturated carbocycles.